The zero-order valence-corrected chi connectivity index (χ0v) is 9.42. The van der Waals surface area contributed by atoms with E-state index in [1.54, 1.807) is 12.1 Å². The van der Waals surface area contributed by atoms with Gasteiger partial charge in [-0.1, -0.05) is 6.07 Å². The van der Waals surface area contributed by atoms with Gasteiger partial charge in [0.2, 0.25) is 0 Å². The second-order valence-electron chi connectivity index (χ2n) is 3.87. The zero-order chi connectivity index (χ0) is 13.2. The Morgan fingerprint density at radius 3 is 2.67 bits per heavy atom. The second-order valence-corrected chi connectivity index (χ2v) is 3.87. The maximum absolute atomic E-state index is 12.1. The normalized spacial score (nSPS) is 14.4. The van der Waals surface area contributed by atoms with Crippen LogP contribution in [0.3, 0.4) is 0 Å². The molecule has 1 heterocycles. The lowest BCUT2D eigenvalue weighted by molar-refractivity contribution is -0.133. The minimum Gasteiger partial charge on any atom is -0.486 e. The molecule has 0 bridgehead atoms. The molecule has 0 unspecified atom stereocenters. The fraction of sp³-hybridized carbons (Fsp3) is 0.417. The predicted molar refractivity (Wildman–Crippen MR) is 57.1 cm³/mol. The van der Waals surface area contributed by atoms with Gasteiger partial charge in [0.25, 0.3) is 0 Å². The van der Waals surface area contributed by atoms with Gasteiger partial charge < -0.3 is 9.47 Å². The minimum absolute atomic E-state index is 0.149. The van der Waals surface area contributed by atoms with E-state index in [2.05, 4.69) is 0 Å². The smallest absolute Gasteiger partial charge is 0.389 e. The van der Waals surface area contributed by atoms with Crippen molar-refractivity contribution >= 4 is 5.78 Å². The van der Waals surface area contributed by atoms with Gasteiger partial charge in [-0.05, 0) is 12.1 Å². The first-order valence-electron chi connectivity index (χ1n) is 5.46. The first kappa shape index (κ1) is 12.7. The standard InChI is InChI=1S/C12H11F3O3/c13-12(14,15)5-4-9(16)8-2-1-3-10-11(8)18-7-6-17-10/h1-3H,4-7H2. The molecule has 0 saturated heterocycles. The van der Waals surface area contributed by atoms with Crippen LogP contribution in [0, 0.1) is 0 Å². The van der Waals surface area contributed by atoms with Gasteiger partial charge in [-0.3, -0.25) is 4.79 Å². The number of Topliss-reactive ketones (excluding diaryl/α,β-unsaturated/α-hetero) is 1. The van der Waals surface area contributed by atoms with Crippen molar-refractivity contribution in [3.63, 3.8) is 0 Å². The van der Waals surface area contributed by atoms with E-state index in [4.69, 9.17) is 9.47 Å². The molecule has 0 saturated carbocycles. The van der Waals surface area contributed by atoms with E-state index in [0.717, 1.165) is 0 Å². The number of ether oxygens (including phenoxy) is 2. The van der Waals surface area contributed by atoms with Crippen LogP contribution in [0.4, 0.5) is 13.2 Å². The van der Waals surface area contributed by atoms with Crippen LogP contribution < -0.4 is 9.47 Å². The first-order chi connectivity index (χ1) is 8.47. The first-order valence-corrected chi connectivity index (χ1v) is 5.46. The monoisotopic (exact) mass is 260 g/mol. The third-order valence-electron chi connectivity index (χ3n) is 2.50. The summed E-state index contributed by atoms with van der Waals surface area (Å²) in [5, 5.41) is 0. The molecule has 0 aromatic heterocycles. The Bertz CT molecular complexity index is 454. The minimum atomic E-state index is -4.33. The molecule has 0 N–H and O–H groups in total. The molecule has 6 heteroatoms. The SMILES string of the molecule is O=C(CCC(F)(F)F)c1cccc2c1OCCO2. The van der Waals surface area contributed by atoms with E-state index in [9.17, 15) is 18.0 Å². The van der Waals surface area contributed by atoms with Crippen molar-refractivity contribution in [1.29, 1.82) is 0 Å². The average molecular weight is 260 g/mol. The Morgan fingerprint density at radius 1 is 1.22 bits per heavy atom. The van der Waals surface area contributed by atoms with Crippen LogP contribution in [0.5, 0.6) is 11.5 Å². The van der Waals surface area contributed by atoms with E-state index >= 15 is 0 Å². The van der Waals surface area contributed by atoms with Crippen LogP contribution in [-0.2, 0) is 0 Å². The van der Waals surface area contributed by atoms with Gasteiger partial charge in [-0.15, -0.1) is 0 Å². The van der Waals surface area contributed by atoms with E-state index in [1.807, 2.05) is 0 Å². The zero-order valence-electron chi connectivity index (χ0n) is 9.42. The van der Waals surface area contributed by atoms with Gasteiger partial charge >= 0.3 is 6.18 Å². The summed E-state index contributed by atoms with van der Waals surface area (Å²) >= 11 is 0. The molecule has 18 heavy (non-hydrogen) atoms. The number of hydrogen-bond donors (Lipinski definition) is 0. The molecule has 1 aromatic carbocycles. The Morgan fingerprint density at radius 2 is 1.94 bits per heavy atom. The van der Waals surface area contributed by atoms with Crippen LogP contribution in [0.2, 0.25) is 0 Å². The largest absolute Gasteiger partial charge is 0.486 e. The van der Waals surface area contributed by atoms with Crippen molar-refractivity contribution in [2.45, 2.75) is 19.0 Å². The van der Waals surface area contributed by atoms with E-state index in [1.165, 1.54) is 6.07 Å². The summed E-state index contributed by atoms with van der Waals surface area (Å²) in [7, 11) is 0. The molecule has 0 aliphatic carbocycles. The summed E-state index contributed by atoms with van der Waals surface area (Å²) in [6.07, 6.45) is -6.04. The summed E-state index contributed by atoms with van der Waals surface area (Å²) < 4.78 is 46.7. The Hall–Kier alpha value is -1.72. The molecule has 1 aliphatic rings. The number of hydrogen-bond acceptors (Lipinski definition) is 3. The molecular weight excluding hydrogens is 249 g/mol. The van der Waals surface area contributed by atoms with Crippen molar-refractivity contribution < 1.29 is 27.4 Å². The number of para-hydroxylation sites is 1. The molecule has 0 atom stereocenters. The highest BCUT2D eigenvalue weighted by molar-refractivity contribution is 5.99. The van der Waals surface area contributed by atoms with Crippen LogP contribution in [0.15, 0.2) is 18.2 Å². The lowest BCUT2D eigenvalue weighted by Crippen LogP contribution is -2.18. The lowest BCUT2D eigenvalue weighted by Gasteiger charge is -2.20. The summed E-state index contributed by atoms with van der Waals surface area (Å²) in [6, 6.07) is 4.63. The van der Waals surface area contributed by atoms with Gasteiger partial charge in [-0.25, -0.2) is 0 Å². The molecule has 1 aliphatic heterocycles. The summed E-state index contributed by atoms with van der Waals surface area (Å²) in [6.45, 7) is 0.657. The molecule has 0 radical (unpaired) electrons. The maximum atomic E-state index is 12.1. The molecule has 2 rings (SSSR count). The third kappa shape index (κ3) is 2.94. The summed E-state index contributed by atoms with van der Waals surface area (Å²) in [4.78, 5) is 11.7. The molecule has 1 aromatic rings. The van der Waals surface area contributed by atoms with Crippen molar-refractivity contribution in [2.75, 3.05) is 13.2 Å². The fourth-order valence-electron chi connectivity index (χ4n) is 1.68. The molecule has 0 spiro atoms. The van der Waals surface area contributed by atoms with Gasteiger partial charge in [0.1, 0.15) is 13.2 Å². The van der Waals surface area contributed by atoms with E-state index in [0.29, 0.717) is 12.4 Å². The number of fused-ring (bicyclic) bond motifs is 1. The van der Waals surface area contributed by atoms with Crippen LogP contribution in [0.1, 0.15) is 23.2 Å². The highest BCUT2D eigenvalue weighted by Gasteiger charge is 2.29. The third-order valence-corrected chi connectivity index (χ3v) is 2.50. The highest BCUT2D eigenvalue weighted by Crippen LogP contribution is 2.35. The Balaban J connectivity index is 2.15. The Labute approximate surface area is 102 Å². The quantitative estimate of drug-likeness (QED) is 0.784. The van der Waals surface area contributed by atoms with Gasteiger partial charge in [-0.2, -0.15) is 13.2 Å². The van der Waals surface area contributed by atoms with Gasteiger partial charge in [0.05, 0.1) is 12.0 Å². The average Bonchev–Trinajstić information content (AvgIpc) is 2.34. The van der Waals surface area contributed by atoms with Crippen molar-refractivity contribution in [2.24, 2.45) is 0 Å². The van der Waals surface area contributed by atoms with E-state index < -0.39 is 24.8 Å². The maximum Gasteiger partial charge on any atom is 0.389 e. The summed E-state index contributed by atoms with van der Waals surface area (Å²) in [5.41, 5.74) is 0.149. The predicted octanol–water partition coefficient (Wildman–Crippen LogP) is 2.98. The number of carbonyl (C=O) groups is 1. The molecule has 0 fully saturated rings. The van der Waals surface area contributed by atoms with Crippen molar-refractivity contribution in [1.82, 2.24) is 0 Å². The Kier molecular flexibility index (Phi) is 3.45. The van der Waals surface area contributed by atoms with Gasteiger partial charge in [0.15, 0.2) is 17.3 Å². The number of benzene rings is 1. The lowest BCUT2D eigenvalue weighted by atomic mass is 10.0. The van der Waals surface area contributed by atoms with Crippen LogP contribution in [0.25, 0.3) is 0 Å². The second kappa shape index (κ2) is 4.88. The molecule has 98 valence electrons. The van der Waals surface area contributed by atoms with Crippen molar-refractivity contribution in [3.8, 4) is 11.5 Å². The highest BCUT2D eigenvalue weighted by atomic mass is 19.4. The van der Waals surface area contributed by atoms with Crippen molar-refractivity contribution in [3.05, 3.63) is 23.8 Å². The van der Waals surface area contributed by atoms with Gasteiger partial charge in [0, 0.05) is 6.42 Å². The summed E-state index contributed by atoms with van der Waals surface area (Å²) in [5.74, 6) is 0.0599. The number of halogens is 3. The number of ketones is 1. The van der Waals surface area contributed by atoms with Crippen LogP contribution >= 0.6 is 0 Å². The fourth-order valence-corrected chi connectivity index (χ4v) is 1.68. The molecular formula is C12H11F3O3. The van der Waals surface area contributed by atoms with E-state index in [-0.39, 0.29) is 17.9 Å². The van der Waals surface area contributed by atoms with Crippen LogP contribution in [-0.4, -0.2) is 25.2 Å². The topological polar surface area (TPSA) is 35.5 Å². The molecule has 3 nitrogen and oxygen atoms in total. The number of rotatable bonds is 3. The number of alkyl halides is 3. The number of carbonyl (C=O) groups excluding carboxylic acids is 1. The molecule has 0 amide bonds.